The Bertz CT molecular complexity index is 550. The quantitative estimate of drug-likeness (QED) is 0.486. The minimum atomic E-state index is 0.0706. The molecule has 0 bridgehead atoms. The molecule has 0 fully saturated rings. The first-order valence-electron chi connectivity index (χ1n) is 8.49. The first kappa shape index (κ1) is 17.2. The number of ether oxygens (including phenoxy) is 1. The van der Waals surface area contributed by atoms with E-state index in [0.29, 0.717) is 6.61 Å². The van der Waals surface area contributed by atoms with E-state index in [9.17, 15) is 0 Å². The van der Waals surface area contributed by atoms with Crippen molar-refractivity contribution in [1.82, 2.24) is 0 Å². The molecule has 0 aliphatic heterocycles. The summed E-state index contributed by atoms with van der Waals surface area (Å²) in [6, 6.07) is 19.5. The van der Waals surface area contributed by atoms with Crippen LogP contribution in [0.3, 0.4) is 0 Å². The maximum absolute atomic E-state index is 5.58. The molecule has 0 aliphatic rings. The number of rotatable bonds is 8. The van der Waals surface area contributed by atoms with Crippen LogP contribution in [0.15, 0.2) is 54.6 Å². The van der Waals surface area contributed by atoms with Crippen molar-refractivity contribution in [3.8, 4) is 5.75 Å². The maximum atomic E-state index is 5.58. The van der Waals surface area contributed by atoms with Crippen LogP contribution in [0.5, 0.6) is 5.75 Å². The molecule has 1 nitrogen and oxygen atoms in total. The minimum absolute atomic E-state index is 0.0706. The van der Waals surface area contributed by atoms with Crippen molar-refractivity contribution in [2.75, 3.05) is 6.61 Å². The van der Waals surface area contributed by atoms with Crippen molar-refractivity contribution in [1.29, 1.82) is 0 Å². The van der Waals surface area contributed by atoms with E-state index < -0.39 is 0 Å². The number of unbranched alkanes of at least 4 members (excludes halogenated alkanes) is 2. The molecule has 2 aromatic rings. The Labute approximate surface area is 144 Å². The molecule has 0 heterocycles. The van der Waals surface area contributed by atoms with Crippen LogP contribution in [-0.2, 0) is 4.09 Å². The van der Waals surface area contributed by atoms with Gasteiger partial charge in [0.25, 0.3) is 0 Å². The van der Waals surface area contributed by atoms with E-state index in [2.05, 4.69) is 79.2 Å². The molecule has 2 heteroatoms. The predicted molar refractivity (Wildman–Crippen MR) is 94.7 cm³/mol. The molecule has 1 unspecified atom stereocenters. The van der Waals surface area contributed by atoms with Gasteiger partial charge in [-0.05, 0) is 0 Å². The number of benzene rings is 2. The van der Waals surface area contributed by atoms with E-state index in [1.54, 1.807) is 0 Å². The molecular weight excluding hydrogens is 263 g/mol. The Morgan fingerprint density at radius 3 is 2.09 bits per heavy atom. The summed E-state index contributed by atoms with van der Waals surface area (Å²) in [5, 5.41) is 0. The van der Waals surface area contributed by atoms with Crippen LogP contribution in [0.4, 0.5) is 0 Å². The number of hydrogen-bond acceptors (Lipinski definition) is 1. The van der Waals surface area contributed by atoms with Crippen molar-refractivity contribution < 1.29 is 4.74 Å². The van der Waals surface area contributed by atoms with Crippen LogP contribution < -0.4 is 4.74 Å². The van der Waals surface area contributed by atoms with Gasteiger partial charge in [-0.1, -0.05) is 0 Å². The van der Waals surface area contributed by atoms with E-state index in [0.717, 1.165) is 5.75 Å². The molecular formula is C20H25LiO. The summed E-state index contributed by atoms with van der Waals surface area (Å²) < 4.78 is 5.65. The van der Waals surface area contributed by atoms with Gasteiger partial charge in [-0.2, -0.15) is 0 Å². The van der Waals surface area contributed by atoms with Crippen molar-refractivity contribution in [2.24, 2.45) is 0 Å². The van der Waals surface area contributed by atoms with E-state index in [1.165, 1.54) is 36.8 Å². The Hall–Kier alpha value is -1.16. The summed E-state index contributed by atoms with van der Waals surface area (Å²) in [6.45, 7) is 5.00. The standard InChI is InChI=1S/C20H25O.Li/c1-3-5-7-12-20(17-10-8-6-9-11-17)18-13-15-19(16-14-18)21-4-2;/h6,8-11,13-16H,3-5,7,12H2,1-2H3;. The monoisotopic (exact) mass is 288 g/mol. The third-order valence-corrected chi connectivity index (χ3v) is 4.49. The van der Waals surface area contributed by atoms with Crippen LogP contribution in [0.2, 0.25) is 0 Å². The van der Waals surface area contributed by atoms with Crippen molar-refractivity contribution >= 4 is 17.7 Å². The van der Waals surface area contributed by atoms with Crippen molar-refractivity contribution in [2.45, 2.75) is 43.6 Å². The first-order valence-corrected chi connectivity index (χ1v) is 8.49. The van der Waals surface area contributed by atoms with Crippen LogP contribution in [0.1, 0.15) is 50.7 Å². The van der Waals surface area contributed by atoms with Crippen molar-refractivity contribution in [3.05, 3.63) is 65.7 Å². The van der Waals surface area contributed by atoms with Gasteiger partial charge in [-0.15, -0.1) is 0 Å². The Kier molecular flexibility index (Phi) is 6.62. The molecule has 0 aliphatic carbocycles. The van der Waals surface area contributed by atoms with Gasteiger partial charge in [0.2, 0.25) is 0 Å². The van der Waals surface area contributed by atoms with Crippen LogP contribution >= 0.6 is 0 Å². The molecule has 0 N–H and O–H groups in total. The molecule has 1 atom stereocenters. The molecule has 2 aromatic carbocycles. The van der Waals surface area contributed by atoms with E-state index in [1.807, 2.05) is 6.92 Å². The summed E-state index contributed by atoms with van der Waals surface area (Å²) in [6.07, 6.45) is 4.99. The van der Waals surface area contributed by atoms with Crippen LogP contribution in [0, 0.1) is 0 Å². The topological polar surface area (TPSA) is 9.23 Å². The van der Waals surface area contributed by atoms with Gasteiger partial charge in [0.1, 0.15) is 0 Å². The van der Waals surface area contributed by atoms with Crippen LogP contribution in [0.25, 0.3) is 0 Å². The molecule has 22 heavy (non-hydrogen) atoms. The van der Waals surface area contributed by atoms with Gasteiger partial charge >= 0.3 is 144 Å². The summed E-state index contributed by atoms with van der Waals surface area (Å²) in [4.78, 5) is 0. The van der Waals surface area contributed by atoms with E-state index in [4.69, 9.17) is 4.74 Å². The van der Waals surface area contributed by atoms with Gasteiger partial charge in [0.15, 0.2) is 0 Å². The molecule has 0 amide bonds. The first-order chi connectivity index (χ1) is 10.7. The fraction of sp³-hybridized carbons (Fsp3) is 0.400. The Morgan fingerprint density at radius 1 is 0.864 bits per heavy atom. The third kappa shape index (κ3) is 4.19. The molecule has 0 spiro atoms. The van der Waals surface area contributed by atoms with Crippen LogP contribution in [-0.4, -0.2) is 24.3 Å². The second kappa shape index (κ2) is 8.46. The summed E-state index contributed by atoms with van der Waals surface area (Å²) in [7, 11) is 0. The van der Waals surface area contributed by atoms with Crippen molar-refractivity contribution in [3.63, 3.8) is 0 Å². The van der Waals surface area contributed by atoms with E-state index >= 15 is 0 Å². The SMILES string of the molecule is [Li][C](CCCCC)(c1ccccc1)c1ccc(OCC)cc1. The average Bonchev–Trinajstić information content (AvgIpc) is 2.57. The Balaban J connectivity index is 2.31. The predicted octanol–water partition coefficient (Wildman–Crippen LogP) is 5.08. The molecule has 112 valence electrons. The van der Waals surface area contributed by atoms with Gasteiger partial charge in [0.05, 0.1) is 0 Å². The summed E-state index contributed by atoms with van der Waals surface area (Å²) in [5.41, 5.74) is 2.77. The zero-order valence-corrected chi connectivity index (χ0v) is 14.1. The molecule has 0 aromatic heterocycles. The fourth-order valence-corrected chi connectivity index (χ4v) is 3.08. The van der Waals surface area contributed by atoms with Gasteiger partial charge in [0, 0.05) is 0 Å². The molecule has 0 saturated carbocycles. The zero-order valence-electron chi connectivity index (χ0n) is 14.1. The fourth-order valence-electron chi connectivity index (χ4n) is 3.08. The van der Waals surface area contributed by atoms with Gasteiger partial charge in [-0.25, -0.2) is 0 Å². The normalized spacial score (nSPS) is 13.6. The average molecular weight is 288 g/mol. The number of hydrogen-bond donors (Lipinski definition) is 0. The molecule has 0 radical (unpaired) electrons. The third-order valence-electron chi connectivity index (χ3n) is 4.49. The molecule has 0 saturated heterocycles. The summed E-state index contributed by atoms with van der Waals surface area (Å²) in [5.74, 6) is 0.954. The summed E-state index contributed by atoms with van der Waals surface area (Å²) >= 11 is 2.37. The van der Waals surface area contributed by atoms with Gasteiger partial charge in [-0.3, -0.25) is 0 Å². The second-order valence-corrected chi connectivity index (χ2v) is 6.11. The van der Waals surface area contributed by atoms with Gasteiger partial charge < -0.3 is 0 Å². The Morgan fingerprint density at radius 2 is 1.50 bits per heavy atom. The molecule has 2 rings (SSSR count). The zero-order chi connectivity index (χ0) is 15.8. The second-order valence-electron chi connectivity index (χ2n) is 6.11. The van der Waals surface area contributed by atoms with E-state index in [-0.39, 0.29) is 4.09 Å².